The highest BCUT2D eigenvalue weighted by Gasteiger charge is 2.16. The van der Waals surface area contributed by atoms with Gasteiger partial charge in [0.2, 0.25) is 0 Å². The summed E-state index contributed by atoms with van der Waals surface area (Å²) in [6.45, 7) is 3.69. The molecule has 0 saturated carbocycles. The van der Waals surface area contributed by atoms with Gasteiger partial charge in [-0.05, 0) is 13.8 Å². The lowest BCUT2D eigenvalue weighted by Crippen LogP contribution is -2.23. The highest BCUT2D eigenvalue weighted by Crippen LogP contribution is 2.17. The van der Waals surface area contributed by atoms with Crippen molar-refractivity contribution >= 4 is 22.4 Å². The average Bonchev–Trinajstić information content (AvgIpc) is 2.88. The van der Waals surface area contributed by atoms with Crippen molar-refractivity contribution in [3.8, 4) is 0 Å². The quantitative estimate of drug-likeness (QED) is 0.871. The summed E-state index contributed by atoms with van der Waals surface area (Å²) in [6, 6.07) is -0.397. The van der Waals surface area contributed by atoms with Crippen LogP contribution >= 0.6 is 11.3 Å². The van der Waals surface area contributed by atoms with Gasteiger partial charge in [-0.3, -0.25) is 4.79 Å². The van der Waals surface area contributed by atoms with Gasteiger partial charge in [-0.2, -0.15) is 5.10 Å². The van der Waals surface area contributed by atoms with E-state index in [1.807, 2.05) is 6.92 Å². The average molecular weight is 237 g/mol. The number of anilines is 1. The van der Waals surface area contributed by atoms with Crippen molar-refractivity contribution in [3.63, 3.8) is 0 Å². The molecule has 7 heteroatoms. The molecule has 0 fully saturated rings. The summed E-state index contributed by atoms with van der Waals surface area (Å²) >= 11 is 1.44. The minimum atomic E-state index is -0.397. The van der Waals surface area contributed by atoms with Crippen LogP contribution in [0.15, 0.2) is 18.9 Å². The first-order valence-corrected chi connectivity index (χ1v) is 5.56. The lowest BCUT2D eigenvalue weighted by molar-refractivity contribution is -0.119. The highest BCUT2D eigenvalue weighted by molar-refractivity contribution is 7.15. The maximum absolute atomic E-state index is 11.8. The summed E-state index contributed by atoms with van der Waals surface area (Å²) in [5, 5.41) is 7.25. The summed E-state index contributed by atoms with van der Waals surface area (Å²) < 4.78 is 1.50. The number of amides is 1. The number of carbonyl (C=O) groups excluding carboxylic acids is 1. The lowest BCUT2D eigenvalue weighted by atomic mass is 10.3. The van der Waals surface area contributed by atoms with Crippen molar-refractivity contribution in [2.75, 3.05) is 5.32 Å². The molecule has 2 aromatic rings. The predicted molar refractivity (Wildman–Crippen MR) is 60.2 cm³/mol. The van der Waals surface area contributed by atoms with Gasteiger partial charge in [-0.1, -0.05) is 0 Å². The van der Waals surface area contributed by atoms with Crippen LogP contribution in [-0.2, 0) is 4.79 Å². The number of hydrogen-bond donors (Lipinski definition) is 1. The fourth-order valence-electron chi connectivity index (χ4n) is 1.16. The Labute approximate surface area is 96.3 Å². The topological polar surface area (TPSA) is 72.7 Å². The van der Waals surface area contributed by atoms with Gasteiger partial charge in [-0.15, -0.1) is 11.3 Å². The summed E-state index contributed by atoms with van der Waals surface area (Å²) in [7, 11) is 0. The zero-order valence-corrected chi connectivity index (χ0v) is 9.73. The Kier molecular flexibility index (Phi) is 2.95. The molecule has 2 aromatic heterocycles. The van der Waals surface area contributed by atoms with Gasteiger partial charge >= 0.3 is 0 Å². The first-order valence-electron chi connectivity index (χ1n) is 4.74. The van der Waals surface area contributed by atoms with Crippen LogP contribution in [0.1, 0.15) is 17.8 Å². The van der Waals surface area contributed by atoms with E-state index >= 15 is 0 Å². The van der Waals surface area contributed by atoms with E-state index in [0.29, 0.717) is 5.13 Å². The van der Waals surface area contributed by atoms with Gasteiger partial charge in [-0.25, -0.2) is 14.6 Å². The molecule has 0 bridgehead atoms. The molecule has 0 aliphatic rings. The maximum Gasteiger partial charge on any atom is 0.250 e. The second-order valence-corrected chi connectivity index (χ2v) is 4.55. The minimum Gasteiger partial charge on any atom is -0.300 e. The van der Waals surface area contributed by atoms with E-state index in [4.69, 9.17) is 0 Å². The molecule has 0 aliphatic heterocycles. The number of rotatable bonds is 3. The Bertz CT molecular complexity index is 478. The number of hydrogen-bond acceptors (Lipinski definition) is 5. The normalized spacial score (nSPS) is 12.4. The molecule has 1 unspecified atom stereocenters. The molecule has 16 heavy (non-hydrogen) atoms. The number of thiazole rings is 1. The van der Waals surface area contributed by atoms with Crippen LogP contribution < -0.4 is 5.32 Å². The van der Waals surface area contributed by atoms with Crippen LogP contribution in [0.4, 0.5) is 5.13 Å². The van der Waals surface area contributed by atoms with E-state index in [-0.39, 0.29) is 5.91 Å². The van der Waals surface area contributed by atoms with Crippen molar-refractivity contribution in [2.24, 2.45) is 0 Å². The molecule has 6 nitrogen and oxygen atoms in total. The molecule has 84 valence electrons. The second kappa shape index (κ2) is 4.40. The Morgan fingerprint density at radius 3 is 3.00 bits per heavy atom. The summed E-state index contributed by atoms with van der Waals surface area (Å²) in [5.74, 6) is -0.153. The van der Waals surface area contributed by atoms with Crippen molar-refractivity contribution in [1.82, 2.24) is 19.7 Å². The number of nitrogens with zero attached hydrogens (tertiary/aromatic N) is 4. The molecule has 1 N–H and O–H groups in total. The van der Waals surface area contributed by atoms with Crippen molar-refractivity contribution in [2.45, 2.75) is 19.9 Å². The third kappa shape index (κ3) is 2.25. The largest absolute Gasteiger partial charge is 0.300 e. The standard InChI is InChI=1S/C9H11N5OS/c1-6-3-11-9(16-6)13-8(15)7(2)14-5-10-4-12-14/h3-5,7H,1-2H3,(H,11,13,15). The van der Waals surface area contributed by atoms with E-state index in [1.165, 1.54) is 28.7 Å². The van der Waals surface area contributed by atoms with E-state index < -0.39 is 6.04 Å². The van der Waals surface area contributed by atoms with Crippen LogP contribution in [0.3, 0.4) is 0 Å². The van der Waals surface area contributed by atoms with Gasteiger partial charge < -0.3 is 5.32 Å². The van der Waals surface area contributed by atoms with Crippen LogP contribution in [0, 0.1) is 6.92 Å². The third-order valence-electron chi connectivity index (χ3n) is 2.06. The molecule has 0 radical (unpaired) electrons. The molecule has 2 heterocycles. The van der Waals surface area contributed by atoms with Gasteiger partial charge in [0.25, 0.3) is 5.91 Å². The number of aromatic nitrogens is 4. The molecule has 0 saturated heterocycles. The predicted octanol–water partition coefficient (Wildman–Crippen LogP) is 1.24. The zero-order valence-electron chi connectivity index (χ0n) is 8.91. The Balaban J connectivity index is 2.03. The molecular formula is C9H11N5OS. The van der Waals surface area contributed by atoms with Crippen molar-refractivity contribution in [3.05, 3.63) is 23.7 Å². The van der Waals surface area contributed by atoms with Crippen LogP contribution in [-0.4, -0.2) is 25.7 Å². The molecule has 1 amide bonds. The molecule has 1 atom stereocenters. The second-order valence-electron chi connectivity index (χ2n) is 3.32. The fraction of sp³-hybridized carbons (Fsp3) is 0.333. The Morgan fingerprint density at radius 2 is 2.44 bits per heavy atom. The SMILES string of the molecule is Cc1cnc(NC(=O)C(C)n2cncn2)s1. The van der Waals surface area contributed by atoms with Gasteiger partial charge in [0.1, 0.15) is 18.7 Å². The molecule has 2 rings (SSSR count). The van der Waals surface area contributed by atoms with Gasteiger partial charge in [0.15, 0.2) is 5.13 Å². The van der Waals surface area contributed by atoms with E-state index in [0.717, 1.165) is 4.88 Å². The van der Waals surface area contributed by atoms with Crippen LogP contribution in [0.2, 0.25) is 0 Å². The fourth-order valence-corrected chi connectivity index (χ4v) is 1.83. The lowest BCUT2D eigenvalue weighted by Gasteiger charge is -2.09. The Morgan fingerprint density at radius 1 is 1.62 bits per heavy atom. The smallest absolute Gasteiger partial charge is 0.250 e. The molecular weight excluding hydrogens is 226 g/mol. The van der Waals surface area contributed by atoms with E-state index in [1.54, 1.807) is 13.1 Å². The van der Waals surface area contributed by atoms with Gasteiger partial charge in [0, 0.05) is 11.1 Å². The first-order chi connectivity index (χ1) is 7.66. The molecule has 0 spiro atoms. The number of carbonyl (C=O) groups is 1. The van der Waals surface area contributed by atoms with E-state index in [2.05, 4.69) is 20.4 Å². The Hall–Kier alpha value is -1.76. The first kappa shape index (κ1) is 10.7. The molecule has 0 aliphatic carbocycles. The van der Waals surface area contributed by atoms with Crippen LogP contribution in [0.5, 0.6) is 0 Å². The minimum absolute atomic E-state index is 0.153. The zero-order chi connectivity index (χ0) is 11.5. The number of aryl methyl sites for hydroxylation is 1. The number of nitrogens with one attached hydrogen (secondary N) is 1. The van der Waals surface area contributed by atoms with E-state index in [9.17, 15) is 4.79 Å². The highest BCUT2D eigenvalue weighted by atomic mass is 32.1. The monoisotopic (exact) mass is 237 g/mol. The van der Waals surface area contributed by atoms with Crippen molar-refractivity contribution in [1.29, 1.82) is 0 Å². The summed E-state index contributed by atoms with van der Waals surface area (Å²) in [5.41, 5.74) is 0. The third-order valence-corrected chi connectivity index (χ3v) is 2.89. The van der Waals surface area contributed by atoms with Crippen LogP contribution in [0.25, 0.3) is 0 Å². The molecule has 0 aromatic carbocycles. The maximum atomic E-state index is 11.8. The summed E-state index contributed by atoms with van der Waals surface area (Å²) in [6.07, 6.45) is 4.63. The van der Waals surface area contributed by atoms with Gasteiger partial charge in [0.05, 0.1) is 0 Å². The summed E-state index contributed by atoms with van der Waals surface area (Å²) in [4.78, 5) is 20.7. The van der Waals surface area contributed by atoms with Crippen molar-refractivity contribution < 1.29 is 4.79 Å².